The minimum absolute atomic E-state index is 0.0337. The van der Waals surface area contributed by atoms with Gasteiger partial charge in [0.05, 0.1) is 75.3 Å². The van der Waals surface area contributed by atoms with Crippen LogP contribution in [0.25, 0.3) is 0 Å². The molecule has 0 spiro atoms. The number of aliphatic carboxylic acids is 1. The van der Waals surface area contributed by atoms with Crippen molar-refractivity contribution in [1.29, 1.82) is 0 Å². The maximum atomic E-state index is 12.9. The largest absolute Gasteiger partial charge is 0.566 e. The minimum atomic E-state index is -2.91. The van der Waals surface area contributed by atoms with E-state index in [1.165, 1.54) is 45.6 Å². The first kappa shape index (κ1) is 77.2. The molecule has 77 heavy (non-hydrogen) atoms. The quantitative estimate of drug-likeness (QED) is 0.0283. The highest BCUT2D eigenvalue weighted by Gasteiger charge is 2.41. The highest BCUT2D eigenvalue weighted by molar-refractivity contribution is 8.14. The summed E-state index contributed by atoms with van der Waals surface area (Å²) in [5.74, 6) is -0.468. The van der Waals surface area contributed by atoms with Crippen LogP contribution in [0, 0.1) is 27.1 Å². The zero-order valence-corrected chi connectivity index (χ0v) is 52.3. The highest BCUT2D eigenvalue weighted by Crippen LogP contribution is 2.42. The fourth-order valence-electron chi connectivity index (χ4n) is 5.70. The van der Waals surface area contributed by atoms with Crippen molar-refractivity contribution in [2.45, 2.75) is 136 Å². The Morgan fingerprint density at radius 1 is 0.545 bits per heavy atom. The second-order valence-electron chi connectivity index (χ2n) is 20.9. The third kappa shape index (κ3) is 30.2. The number of carboxylic acid groups (broad SMARTS) is 1. The van der Waals surface area contributed by atoms with Gasteiger partial charge < -0.3 is 39.3 Å². The van der Waals surface area contributed by atoms with E-state index in [0.29, 0.717) is 12.2 Å². The SMILES string of the molecule is CC(C)(COC(c1ccccc1)(c1ccccc1)c1ccccc1)C(=O)SCCO[P+](=O)[O-].CCC(C)(C)C(=O)O.CCC(C)(C)C(=O)OC.CCC(C)(C)C(=O)SCCO.CC[NH+](CC)CC.COC(=O)C(C)(C)CO. The van der Waals surface area contributed by atoms with E-state index < -0.39 is 36.1 Å². The van der Waals surface area contributed by atoms with E-state index in [2.05, 4.69) is 34.8 Å². The van der Waals surface area contributed by atoms with E-state index in [1.807, 2.05) is 153 Å². The average molecular weight is 1140 g/mol. The predicted molar refractivity (Wildman–Crippen MR) is 312 cm³/mol. The lowest BCUT2D eigenvalue weighted by Gasteiger charge is -2.38. The Bertz CT molecular complexity index is 1970. The van der Waals surface area contributed by atoms with Gasteiger partial charge in [-0.15, -0.1) is 4.52 Å². The molecule has 0 aromatic heterocycles. The van der Waals surface area contributed by atoms with Crippen LogP contribution < -0.4 is 9.79 Å². The molecule has 3 aromatic rings. The van der Waals surface area contributed by atoms with E-state index in [1.54, 1.807) is 32.6 Å². The fourth-order valence-corrected chi connectivity index (χ4v) is 7.68. The lowest BCUT2D eigenvalue weighted by atomic mass is 9.79. The van der Waals surface area contributed by atoms with Gasteiger partial charge in [0.25, 0.3) is 0 Å². The fraction of sp³-hybridized carbons (Fsp3) is 0.610. The van der Waals surface area contributed by atoms with E-state index in [9.17, 15) is 33.4 Å². The van der Waals surface area contributed by atoms with Crippen molar-refractivity contribution in [3.63, 3.8) is 0 Å². The normalized spacial score (nSPS) is 11.7. The molecule has 4 N–H and O–H groups in total. The third-order valence-electron chi connectivity index (χ3n) is 12.7. The number of thioether (sulfide) groups is 2. The summed E-state index contributed by atoms with van der Waals surface area (Å²) in [5, 5.41) is 25.6. The molecule has 3 aromatic carbocycles. The summed E-state index contributed by atoms with van der Waals surface area (Å²) in [4.78, 5) is 68.2. The maximum absolute atomic E-state index is 12.9. The summed E-state index contributed by atoms with van der Waals surface area (Å²) in [6.07, 6.45) is 2.35. The van der Waals surface area contributed by atoms with Crippen LogP contribution in [0.5, 0.6) is 0 Å². The Morgan fingerprint density at radius 3 is 1.14 bits per heavy atom. The number of esters is 2. The number of quaternary nitrogens is 1. The number of aliphatic hydroxyl groups excluding tert-OH is 2. The van der Waals surface area contributed by atoms with Gasteiger partial charge in [-0.05, 0) is 117 Å². The van der Waals surface area contributed by atoms with Crippen LogP contribution in [-0.4, -0.2) is 115 Å². The number of rotatable bonds is 24. The minimum Gasteiger partial charge on any atom is -0.566 e. The van der Waals surface area contributed by atoms with Gasteiger partial charge in [0.2, 0.25) is 0 Å². The molecule has 15 nitrogen and oxygen atoms in total. The van der Waals surface area contributed by atoms with E-state index >= 15 is 0 Å². The van der Waals surface area contributed by atoms with E-state index in [-0.39, 0.29) is 65.2 Å². The van der Waals surface area contributed by atoms with Gasteiger partial charge >= 0.3 is 26.2 Å². The Balaban J connectivity index is -0.00000101. The van der Waals surface area contributed by atoms with Crippen molar-refractivity contribution >= 4 is 59.9 Å². The van der Waals surface area contributed by atoms with Gasteiger partial charge in [0.15, 0.2) is 10.2 Å². The number of carboxylic acids is 1. The first-order valence-electron chi connectivity index (χ1n) is 26.2. The molecular formula is C59H97NO14PS2+. The summed E-state index contributed by atoms with van der Waals surface area (Å²) >= 11 is 2.27. The standard InChI is InChI=1S/C26H27O5PS.C8H16O2S.C7H14O2.C6H15N.C6H12O3.C6H12O2/c1-25(2,24(27)33-19-18-31-32(28)29)20-30-26(21-12-6-3-7-13-21,22-14-8-4-9-15-22)23-16-10-5-11-17-23;1-4-8(2,3)7(10)11-6-5-9;1-5-7(2,3)6(8)9-4;1-4-7(5-2)6-3;1-6(2,4-7)5(8)9-3;1-4-6(2,3)5(7)8/h3-17H,18-20H2,1-2H3;9H,4-6H2,1-3H3;5H2,1-4H3;4-6H2,1-3H3;7H,4H2,1-3H3;4H2,1-3H3,(H,7,8)/p+1. The molecule has 0 amide bonds. The second kappa shape index (κ2) is 40.2. The number of aliphatic hydroxyl groups is 2. The number of nitrogens with one attached hydrogen (secondary N) is 1. The molecule has 0 fully saturated rings. The first-order valence-corrected chi connectivity index (χ1v) is 29.3. The molecule has 0 aliphatic rings. The molecule has 438 valence electrons. The summed E-state index contributed by atoms with van der Waals surface area (Å²) in [6.45, 7) is 34.3. The lowest BCUT2D eigenvalue weighted by Crippen LogP contribution is -3.11. The molecule has 1 unspecified atom stereocenters. The topological polar surface area (TPSA) is 228 Å². The Labute approximate surface area is 472 Å². The molecule has 18 heteroatoms. The zero-order valence-electron chi connectivity index (χ0n) is 49.7. The smallest absolute Gasteiger partial charge is 0.488 e. The summed E-state index contributed by atoms with van der Waals surface area (Å²) < 4.78 is 30.8. The number of hydrogen-bond donors (Lipinski definition) is 4. The highest BCUT2D eigenvalue weighted by atomic mass is 32.2. The molecule has 0 heterocycles. The van der Waals surface area contributed by atoms with Crippen LogP contribution in [0.3, 0.4) is 0 Å². The first-order chi connectivity index (χ1) is 35.8. The van der Waals surface area contributed by atoms with Gasteiger partial charge in [-0.1, -0.05) is 149 Å². The van der Waals surface area contributed by atoms with Crippen molar-refractivity contribution < 1.29 is 72.4 Å². The molecule has 0 radical (unpaired) electrons. The van der Waals surface area contributed by atoms with Gasteiger partial charge in [-0.2, -0.15) is 0 Å². The van der Waals surface area contributed by atoms with Crippen LogP contribution in [0.2, 0.25) is 0 Å². The Kier molecular flexibility index (Phi) is 40.3. The maximum Gasteiger partial charge on any atom is 0.488 e. The number of methoxy groups -OCH3 is 2. The number of benzene rings is 3. The average Bonchev–Trinajstić information content (AvgIpc) is 3.43. The molecule has 0 saturated carbocycles. The number of ether oxygens (including phenoxy) is 3. The van der Waals surface area contributed by atoms with Gasteiger partial charge in [0, 0.05) is 16.9 Å². The van der Waals surface area contributed by atoms with E-state index in [4.69, 9.17) is 20.1 Å². The number of carbonyl (C=O) groups is 5. The lowest BCUT2D eigenvalue weighted by molar-refractivity contribution is -0.894. The van der Waals surface area contributed by atoms with Crippen LogP contribution in [0.1, 0.15) is 147 Å². The Morgan fingerprint density at radius 2 is 0.896 bits per heavy atom. The van der Waals surface area contributed by atoms with Crippen molar-refractivity contribution in [3.05, 3.63) is 108 Å². The summed E-state index contributed by atoms with van der Waals surface area (Å²) in [6, 6.07) is 30.0. The zero-order chi connectivity index (χ0) is 60.1. The molecule has 0 bridgehead atoms. The second-order valence-corrected chi connectivity index (χ2v) is 23.7. The molecule has 3 rings (SSSR count). The van der Waals surface area contributed by atoms with Crippen LogP contribution in [0.15, 0.2) is 91.0 Å². The van der Waals surface area contributed by atoms with Crippen molar-refractivity contribution in [2.75, 3.05) is 71.8 Å². The van der Waals surface area contributed by atoms with Crippen LogP contribution in [0.4, 0.5) is 0 Å². The molecular weight excluding hydrogens is 1040 g/mol. The molecule has 1 atom stereocenters. The van der Waals surface area contributed by atoms with E-state index in [0.717, 1.165) is 41.3 Å². The van der Waals surface area contributed by atoms with Crippen LogP contribution >= 0.6 is 31.8 Å². The Hall–Kier alpha value is -4.03. The molecule has 0 aliphatic heterocycles. The van der Waals surface area contributed by atoms with Gasteiger partial charge in [0.1, 0.15) is 12.2 Å². The van der Waals surface area contributed by atoms with Gasteiger partial charge in [-0.25, -0.2) is 0 Å². The van der Waals surface area contributed by atoms with Crippen molar-refractivity contribution in [1.82, 2.24) is 0 Å². The van der Waals surface area contributed by atoms with Gasteiger partial charge in [-0.3, -0.25) is 24.0 Å². The third-order valence-corrected chi connectivity index (χ3v) is 15.5. The molecule has 0 saturated heterocycles. The summed E-state index contributed by atoms with van der Waals surface area (Å²) in [7, 11) is -0.187. The van der Waals surface area contributed by atoms with Crippen molar-refractivity contribution in [2.24, 2.45) is 27.1 Å². The monoisotopic (exact) mass is 1140 g/mol. The van der Waals surface area contributed by atoms with Crippen LogP contribution in [-0.2, 0) is 52.9 Å². The predicted octanol–water partition coefficient (Wildman–Crippen LogP) is 10.2. The van der Waals surface area contributed by atoms with Crippen molar-refractivity contribution in [3.8, 4) is 0 Å². The number of carbonyl (C=O) groups excluding carboxylic acids is 4. The summed E-state index contributed by atoms with van der Waals surface area (Å²) in [5.41, 5.74) is -0.671. The number of hydrogen-bond acceptors (Lipinski definition) is 15. The molecule has 0 aliphatic carbocycles.